The summed E-state index contributed by atoms with van der Waals surface area (Å²) in [6.07, 6.45) is 3.99. The van der Waals surface area contributed by atoms with Crippen molar-refractivity contribution in [2.24, 2.45) is 0 Å². The standard InChI is InChI=1S/C19H14O2S/c20-17-15-10-4-5-11-16(15)21-18(14-8-2-1-3-9-14)19(17)22-12-6-7-13-22/h1-13,22H. The Hall–Kier alpha value is -2.52. The summed E-state index contributed by atoms with van der Waals surface area (Å²) >= 11 is 0. The summed E-state index contributed by atoms with van der Waals surface area (Å²) in [7, 11) is -0.746. The number of allylic oxidation sites excluding steroid dienone is 2. The van der Waals surface area contributed by atoms with Gasteiger partial charge in [0.2, 0.25) is 5.43 Å². The minimum absolute atomic E-state index is 0.0722. The van der Waals surface area contributed by atoms with Gasteiger partial charge in [-0.2, -0.15) is 10.9 Å². The van der Waals surface area contributed by atoms with E-state index in [1.54, 1.807) is 0 Å². The van der Waals surface area contributed by atoms with Gasteiger partial charge < -0.3 is 4.42 Å². The first-order valence-electron chi connectivity index (χ1n) is 7.09. The summed E-state index contributed by atoms with van der Waals surface area (Å²) in [5, 5.41) is 4.82. The largest absolute Gasteiger partial charge is 0.455 e. The van der Waals surface area contributed by atoms with E-state index in [0.29, 0.717) is 16.7 Å². The van der Waals surface area contributed by atoms with Gasteiger partial charge in [0.25, 0.3) is 0 Å². The van der Waals surface area contributed by atoms with E-state index in [9.17, 15) is 4.79 Å². The second kappa shape index (κ2) is 5.35. The number of benzene rings is 2. The molecule has 3 heteroatoms. The zero-order valence-electron chi connectivity index (χ0n) is 11.8. The van der Waals surface area contributed by atoms with Gasteiger partial charge >= 0.3 is 0 Å². The van der Waals surface area contributed by atoms with Crippen LogP contribution in [-0.4, -0.2) is 0 Å². The Morgan fingerprint density at radius 2 is 1.50 bits per heavy atom. The summed E-state index contributed by atoms with van der Waals surface area (Å²) in [6, 6.07) is 17.3. The molecule has 22 heavy (non-hydrogen) atoms. The Labute approximate surface area is 130 Å². The summed E-state index contributed by atoms with van der Waals surface area (Å²) in [4.78, 5) is 13.8. The van der Waals surface area contributed by atoms with E-state index in [-0.39, 0.29) is 5.43 Å². The average Bonchev–Trinajstić information content (AvgIpc) is 3.10. The van der Waals surface area contributed by atoms with E-state index < -0.39 is 10.9 Å². The molecule has 1 aromatic heterocycles. The van der Waals surface area contributed by atoms with Crippen LogP contribution in [-0.2, 0) is 0 Å². The van der Waals surface area contributed by atoms with Crippen LogP contribution in [0.25, 0.3) is 22.3 Å². The van der Waals surface area contributed by atoms with Crippen LogP contribution >= 0.6 is 10.9 Å². The molecule has 108 valence electrons. The highest BCUT2D eigenvalue weighted by molar-refractivity contribution is 8.22. The zero-order valence-corrected chi connectivity index (χ0v) is 12.7. The molecule has 0 aliphatic carbocycles. The molecule has 0 spiro atoms. The van der Waals surface area contributed by atoms with Crippen LogP contribution in [0.3, 0.4) is 0 Å². The second-order valence-electron chi connectivity index (χ2n) is 5.06. The molecule has 1 aliphatic rings. The molecule has 0 fully saturated rings. The molecular weight excluding hydrogens is 292 g/mol. The van der Waals surface area contributed by atoms with Crippen LogP contribution in [0.4, 0.5) is 0 Å². The fraction of sp³-hybridized carbons (Fsp3) is 0. The van der Waals surface area contributed by atoms with Gasteiger partial charge in [-0.05, 0) is 22.9 Å². The molecule has 3 aromatic rings. The van der Waals surface area contributed by atoms with E-state index in [1.807, 2.05) is 66.7 Å². The highest BCUT2D eigenvalue weighted by Crippen LogP contribution is 2.45. The monoisotopic (exact) mass is 306 g/mol. The van der Waals surface area contributed by atoms with Gasteiger partial charge in [0.1, 0.15) is 5.58 Å². The predicted molar refractivity (Wildman–Crippen MR) is 93.5 cm³/mol. The summed E-state index contributed by atoms with van der Waals surface area (Å²) < 4.78 is 6.12. The molecule has 0 radical (unpaired) electrons. The maximum Gasteiger partial charge on any atom is 0.205 e. The van der Waals surface area contributed by atoms with Crippen LogP contribution in [0.5, 0.6) is 0 Å². The zero-order chi connectivity index (χ0) is 14.9. The van der Waals surface area contributed by atoms with Crippen molar-refractivity contribution in [3.05, 3.63) is 87.8 Å². The van der Waals surface area contributed by atoms with Crippen LogP contribution in [0.15, 0.2) is 91.7 Å². The molecule has 0 unspecified atom stereocenters. The fourth-order valence-electron chi connectivity index (χ4n) is 2.64. The third-order valence-electron chi connectivity index (χ3n) is 3.67. The molecule has 1 aliphatic heterocycles. The molecule has 0 atom stereocenters. The summed E-state index contributed by atoms with van der Waals surface area (Å²) in [5.41, 5.74) is 1.65. The molecule has 0 saturated heterocycles. The van der Waals surface area contributed by atoms with E-state index in [4.69, 9.17) is 4.42 Å². The van der Waals surface area contributed by atoms with E-state index in [1.165, 1.54) is 0 Å². The molecule has 0 saturated carbocycles. The Bertz CT molecular complexity index is 940. The van der Waals surface area contributed by atoms with Crippen LogP contribution < -0.4 is 5.43 Å². The molecule has 2 aromatic carbocycles. The third kappa shape index (κ3) is 2.11. The lowest BCUT2D eigenvalue weighted by Gasteiger charge is -2.15. The predicted octanol–water partition coefficient (Wildman–Crippen LogP) is 4.86. The smallest absolute Gasteiger partial charge is 0.205 e. The van der Waals surface area contributed by atoms with Crippen LogP contribution in [0.1, 0.15) is 0 Å². The normalized spacial score (nSPS) is 14.8. The first-order chi connectivity index (χ1) is 10.8. The fourth-order valence-corrected chi connectivity index (χ4v) is 4.37. The van der Waals surface area contributed by atoms with Crippen molar-refractivity contribution in [1.82, 2.24) is 0 Å². The molecule has 2 nitrogen and oxygen atoms in total. The van der Waals surface area contributed by atoms with Crippen molar-refractivity contribution < 1.29 is 4.42 Å². The number of fused-ring (bicyclic) bond motifs is 1. The Morgan fingerprint density at radius 3 is 2.27 bits per heavy atom. The minimum atomic E-state index is -0.746. The Kier molecular flexibility index (Phi) is 3.20. The van der Waals surface area contributed by atoms with Gasteiger partial charge in [0, 0.05) is 5.56 Å². The minimum Gasteiger partial charge on any atom is -0.455 e. The molecule has 4 rings (SSSR count). The average molecular weight is 306 g/mol. The topological polar surface area (TPSA) is 30.2 Å². The molecule has 0 amide bonds. The van der Waals surface area contributed by atoms with Crippen molar-refractivity contribution in [2.45, 2.75) is 4.90 Å². The number of hydrogen-bond acceptors (Lipinski definition) is 2. The Morgan fingerprint density at radius 1 is 0.818 bits per heavy atom. The molecule has 0 bridgehead atoms. The number of rotatable bonds is 2. The lowest BCUT2D eigenvalue weighted by molar-refractivity contribution is 0.605. The van der Waals surface area contributed by atoms with Gasteiger partial charge in [-0.1, -0.05) is 54.6 Å². The first-order valence-corrected chi connectivity index (χ1v) is 8.57. The molecular formula is C19H14O2S. The SMILES string of the molecule is O=c1c([SH]2C=CC=C2)c(-c2ccccc2)oc2ccccc12. The van der Waals surface area contributed by atoms with Crippen molar-refractivity contribution in [1.29, 1.82) is 0 Å². The Balaban J connectivity index is 2.09. The lowest BCUT2D eigenvalue weighted by atomic mass is 10.1. The first kappa shape index (κ1) is 13.2. The summed E-state index contributed by atoms with van der Waals surface area (Å²) in [6.45, 7) is 0. The van der Waals surface area contributed by atoms with Gasteiger partial charge in [0.15, 0.2) is 5.76 Å². The number of para-hydroxylation sites is 1. The molecule has 2 heterocycles. The second-order valence-corrected chi connectivity index (χ2v) is 6.92. The number of thiol groups is 1. The number of hydrogen-bond donors (Lipinski definition) is 1. The molecule has 0 N–H and O–H groups in total. The van der Waals surface area contributed by atoms with Crippen LogP contribution in [0.2, 0.25) is 0 Å². The van der Waals surface area contributed by atoms with E-state index in [2.05, 4.69) is 10.8 Å². The van der Waals surface area contributed by atoms with E-state index >= 15 is 0 Å². The van der Waals surface area contributed by atoms with Crippen molar-refractivity contribution in [3.63, 3.8) is 0 Å². The van der Waals surface area contributed by atoms with E-state index in [0.717, 1.165) is 10.5 Å². The van der Waals surface area contributed by atoms with Crippen molar-refractivity contribution in [2.75, 3.05) is 0 Å². The maximum atomic E-state index is 13.0. The van der Waals surface area contributed by atoms with Gasteiger partial charge in [-0.25, -0.2) is 0 Å². The lowest BCUT2D eigenvalue weighted by Crippen LogP contribution is -2.07. The van der Waals surface area contributed by atoms with Crippen LogP contribution in [0, 0.1) is 0 Å². The highest BCUT2D eigenvalue weighted by atomic mass is 32.2. The maximum absolute atomic E-state index is 13.0. The van der Waals surface area contributed by atoms with Gasteiger partial charge in [-0.3, -0.25) is 4.79 Å². The van der Waals surface area contributed by atoms with Gasteiger partial charge in [0.05, 0.1) is 10.3 Å². The highest BCUT2D eigenvalue weighted by Gasteiger charge is 2.19. The summed E-state index contributed by atoms with van der Waals surface area (Å²) in [5.74, 6) is 0.687. The van der Waals surface area contributed by atoms with Crippen molar-refractivity contribution in [3.8, 4) is 11.3 Å². The van der Waals surface area contributed by atoms with Gasteiger partial charge in [-0.15, -0.1) is 0 Å². The van der Waals surface area contributed by atoms with Crippen molar-refractivity contribution >= 4 is 21.9 Å². The third-order valence-corrected chi connectivity index (χ3v) is 5.58. The quantitative estimate of drug-likeness (QED) is 0.685.